The summed E-state index contributed by atoms with van der Waals surface area (Å²) >= 11 is 1.52. The third-order valence-electron chi connectivity index (χ3n) is 3.99. The van der Waals surface area contributed by atoms with E-state index in [-0.39, 0.29) is 12.0 Å². The van der Waals surface area contributed by atoms with Gasteiger partial charge in [-0.3, -0.25) is 9.69 Å². The zero-order valence-corrected chi connectivity index (χ0v) is 15.9. The quantitative estimate of drug-likeness (QED) is 0.799. The monoisotopic (exact) mass is 376 g/mol. The summed E-state index contributed by atoms with van der Waals surface area (Å²) in [6, 6.07) is 3.99. The van der Waals surface area contributed by atoms with Crippen LogP contribution in [0.15, 0.2) is 24.5 Å². The summed E-state index contributed by atoms with van der Waals surface area (Å²) in [4.78, 5) is 23.1. The fourth-order valence-electron chi connectivity index (χ4n) is 2.92. The Hall–Kier alpha value is -2.03. The number of nitrogens with one attached hydrogen (secondary N) is 1. The van der Waals surface area contributed by atoms with Crippen molar-refractivity contribution in [3.8, 4) is 5.88 Å². The third-order valence-corrected chi connectivity index (χ3v) is 4.89. The van der Waals surface area contributed by atoms with E-state index in [2.05, 4.69) is 20.2 Å². The second-order valence-electron chi connectivity index (χ2n) is 6.18. The minimum absolute atomic E-state index is 0.0962. The number of anilines is 1. The molecule has 1 saturated heterocycles. The molecule has 7 nitrogen and oxygen atoms in total. The summed E-state index contributed by atoms with van der Waals surface area (Å²) in [5.41, 5.74) is 1.17. The highest BCUT2D eigenvalue weighted by Gasteiger charge is 2.22. The second-order valence-corrected chi connectivity index (χ2v) is 7.30. The molecule has 1 aliphatic heterocycles. The van der Waals surface area contributed by atoms with E-state index < -0.39 is 0 Å². The molecule has 1 unspecified atom stereocenters. The normalized spacial score (nSPS) is 17.8. The van der Waals surface area contributed by atoms with E-state index in [0.29, 0.717) is 24.2 Å². The van der Waals surface area contributed by atoms with Crippen molar-refractivity contribution in [3.05, 3.63) is 35.0 Å². The maximum absolute atomic E-state index is 11.1. The number of amides is 1. The predicted molar refractivity (Wildman–Crippen MR) is 101 cm³/mol. The number of aromatic nitrogens is 2. The molecule has 1 N–H and O–H groups in total. The van der Waals surface area contributed by atoms with Crippen LogP contribution in [0.3, 0.4) is 0 Å². The Kier molecular flexibility index (Phi) is 6.54. The lowest BCUT2D eigenvalue weighted by molar-refractivity contribution is -0.114. The van der Waals surface area contributed by atoms with Crippen LogP contribution < -0.4 is 10.1 Å². The van der Waals surface area contributed by atoms with E-state index in [1.54, 1.807) is 6.20 Å². The Balaban J connectivity index is 1.54. The first-order chi connectivity index (χ1) is 12.6. The third kappa shape index (κ3) is 5.48. The van der Waals surface area contributed by atoms with Crippen molar-refractivity contribution in [2.24, 2.45) is 0 Å². The van der Waals surface area contributed by atoms with Crippen LogP contribution in [0, 0.1) is 0 Å². The van der Waals surface area contributed by atoms with Crippen LogP contribution >= 0.6 is 11.3 Å². The molecule has 2 aromatic heterocycles. The Morgan fingerprint density at radius 2 is 2.38 bits per heavy atom. The molecular formula is C18H24N4O3S. The summed E-state index contributed by atoms with van der Waals surface area (Å²) in [5, 5.41) is 3.38. The van der Waals surface area contributed by atoms with Gasteiger partial charge in [-0.25, -0.2) is 9.97 Å². The molecule has 2 aromatic rings. The molecular weight excluding hydrogens is 352 g/mol. The maximum atomic E-state index is 11.1. The molecule has 1 aliphatic rings. The SMILES string of the molecule is CCOc1cc(CC2CN(Cc3cnc(NC(C)=O)s3)CCO2)ccn1. The molecule has 3 heterocycles. The van der Waals surface area contributed by atoms with Crippen LogP contribution in [0.5, 0.6) is 5.88 Å². The summed E-state index contributed by atoms with van der Waals surface area (Å²) in [5.74, 6) is 0.564. The van der Waals surface area contributed by atoms with Gasteiger partial charge < -0.3 is 14.8 Å². The first-order valence-corrected chi connectivity index (χ1v) is 9.58. The lowest BCUT2D eigenvalue weighted by Crippen LogP contribution is -2.42. The largest absolute Gasteiger partial charge is 0.478 e. The molecule has 0 aliphatic carbocycles. The summed E-state index contributed by atoms with van der Waals surface area (Å²) in [6.45, 7) is 7.34. The van der Waals surface area contributed by atoms with E-state index in [1.807, 2.05) is 25.3 Å². The molecule has 0 saturated carbocycles. The smallest absolute Gasteiger partial charge is 0.223 e. The van der Waals surface area contributed by atoms with Crippen LogP contribution in [0.4, 0.5) is 5.13 Å². The van der Waals surface area contributed by atoms with Crippen LogP contribution in [0.25, 0.3) is 0 Å². The number of pyridine rings is 1. The van der Waals surface area contributed by atoms with Crippen molar-refractivity contribution >= 4 is 22.4 Å². The zero-order valence-electron chi connectivity index (χ0n) is 15.1. The van der Waals surface area contributed by atoms with E-state index in [9.17, 15) is 4.79 Å². The minimum atomic E-state index is -0.0962. The Bertz CT molecular complexity index is 737. The lowest BCUT2D eigenvalue weighted by atomic mass is 10.1. The number of hydrogen-bond donors (Lipinski definition) is 1. The summed E-state index contributed by atoms with van der Waals surface area (Å²) in [7, 11) is 0. The number of rotatable bonds is 7. The fraction of sp³-hybridized carbons (Fsp3) is 0.500. The number of nitrogens with zero attached hydrogens (tertiary/aromatic N) is 3. The van der Waals surface area contributed by atoms with E-state index in [0.717, 1.165) is 30.9 Å². The first kappa shape index (κ1) is 18.8. The van der Waals surface area contributed by atoms with Gasteiger partial charge in [0.25, 0.3) is 0 Å². The molecule has 1 amide bonds. The average molecular weight is 376 g/mol. The average Bonchev–Trinajstić information content (AvgIpc) is 3.02. The van der Waals surface area contributed by atoms with Gasteiger partial charge in [0.15, 0.2) is 5.13 Å². The molecule has 26 heavy (non-hydrogen) atoms. The van der Waals surface area contributed by atoms with Crippen molar-refractivity contribution in [2.45, 2.75) is 32.9 Å². The van der Waals surface area contributed by atoms with Gasteiger partial charge in [-0.05, 0) is 18.6 Å². The van der Waals surface area contributed by atoms with Crippen molar-refractivity contribution < 1.29 is 14.3 Å². The Morgan fingerprint density at radius 3 is 3.19 bits per heavy atom. The molecule has 0 radical (unpaired) electrons. The van der Waals surface area contributed by atoms with Crippen LogP contribution in [-0.2, 0) is 22.5 Å². The van der Waals surface area contributed by atoms with Crippen LogP contribution in [0.2, 0.25) is 0 Å². The van der Waals surface area contributed by atoms with E-state index >= 15 is 0 Å². The van der Waals surface area contributed by atoms with Crippen molar-refractivity contribution in [1.29, 1.82) is 0 Å². The van der Waals surface area contributed by atoms with Gasteiger partial charge in [0, 0.05) is 56.3 Å². The number of thiazole rings is 1. The molecule has 0 spiro atoms. The van der Waals surface area contributed by atoms with Crippen molar-refractivity contribution in [2.75, 3.05) is 31.6 Å². The molecule has 1 fully saturated rings. The number of morpholine rings is 1. The van der Waals surface area contributed by atoms with Gasteiger partial charge in [-0.2, -0.15) is 0 Å². The van der Waals surface area contributed by atoms with E-state index in [4.69, 9.17) is 9.47 Å². The highest BCUT2D eigenvalue weighted by atomic mass is 32.1. The highest BCUT2D eigenvalue weighted by molar-refractivity contribution is 7.15. The first-order valence-electron chi connectivity index (χ1n) is 8.76. The number of hydrogen-bond acceptors (Lipinski definition) is 7. The van der Waals surface area contributed by atoms with Gasteiger partial charge in [-0.15, -0.1) is 11.3 Å². The lowest BCUT2D eigenvalue weighted by Gasteiger charge is -2.32. The summed E-state index contributed by atoms with van der Waals surface area (Å²) < 4.78 is 11.4. The Labute approximate surface area is 157 Å². The van der Waals surface area contributed by atoms with Gasteiger partial charge in [0.2, 0.25) is 11.8 Å². The Morgan fingerprint density at radius 1 is 1.50 bits per heavy atom. The minimum Gasteiger partial charge on any atom is -0.478 e. The maximum Gasteiger partial charge on any atom is 0.223 e. The van der Waals surface area contributed by atoms with Gasteiger partial charge >= 0.3 is 0 Å². The highest BCUT2D eigenvalue weighted by Crippen LogP contribution is 2.22. The van der Waals surface area contributed by atoms with Crippen molar-refractivity contribution in [3.63, 3.8) is 0 Å². The molecule has 1 atom stereocenters. The predicted octanol–water partition coefficient (Wildman–Crippen LogP) is 2.34. The van der Waals surface area contributed by atoms with Crippen molar-refractivity contribution in [1.82, 2.24) is 14.9 Å². The van der Waals surface area contributed by atoms with Crippen LogP contribution in [0.1, 0.15) is 24.3 Å². The van der Waals surface area contributed by atoms with Crippen LogP contribution in [-0.4, -0.2) is 53.2 Å². The molecule has 8 heteroatoms. The topological polar surface area (TPSA) is 76.6 Å². The number of carbonyl (C=O) groups excluding carboxylic acids is 1. The molecule has 140 valence electrons. The molecule has 0 bridgehead atoms. The van der Waals surface area contributed by atoms with Gasteiger partial charge in [0.05, 0.1) is 19.3 Å². The zero-order chi connectivity index (χ0) is 18.4. The fourth-order valence-corrected chi connectivity index (χ4v) is 3.83. The van der Waals surface area contributed by atoms with Gasteiger partial charge in [0.1, 0.15) is 0 Å². The molecule has 3 rings (SSSR count). The standard InChI is InChI=1S/C18H24N4O3S/c1-3-24-17-9-14(4-5-19-17)8-15-11-22(6-7-25-15)12-16-10-20-18(26-16)21-13(2)23/h4-5,9-10,15H,3,6-8,11-12H2,1-2H3,(H,20,21,23). The summed E-state index contributed by atoms with van der Waals surface area (Å²) in [6.07, 6.45) is 4.58. The number of carbonyl (C=O) groups is 1. The molecule has 0 aromatic carbocycles. The number of ether oxygens (including phenoxy) is 2. The van der Waals surface area contributed by atoms with Gasteiger partial charge in [-0.1, -0.05) is 0 Å². The van der Waals surface area contributed by atoms with E-state index in [1.165, 1.54) is 23.8 Å². The second kappa shape index (κ2) is 9.07.